The number of anilines is 1. The summed E-state index contributed by atoms with van der Waals surface area (Å²) in [7, 11) is 1.30. The van der Waals surface area contributed by atoms with Gasteiger partial charge in [0.1, 0.15) is 11.6 Å². The predicted molar refractivity (Wildman–Crippen MR) is 145 cm³/mol. The van der Waals surface area contributed by atoms with E-state index < -0.39 is 82.0 Å². The number of methoxy groups -OCH3 is 1. The van der Waals surface area contributed by atoms with E-state index in [0.717, 1.165) is 6.07 Å². The summed E-state index contributed by atoms with van der Waals surface area (Å²) in [4.78, 5) is 39.0. The lowest BCUT2D eigenvalue weighted by atomic mass is 9.59. The van der Waals surface area contributed by atoms with Gasteiger partial charge in [0.2, 0.25) is 5.91 Å². The zero-order valence-electron chi connectivity index (χ0n) is 24.0. The van der Waals surface area contributed by atoms with Crippen LogP contribution in [-0.2, 0) is 25.9 Å². The molecule has 2 saturated heterocycles. The molecule has 0 aromatic heterocycles. The van der Waals surface area contributed by atoms with Gasteiger partial charge in [-0.3, -0.25) is 9.59 Å². The summed E-state index contributed by atoms with van der Waals surface area (Å²) < 4.78 is 105. The number of hydrogen-bond donors (Lipinski definition) is 3. The number of carboxylic acids is 1. The molecule has 4 atom stereocenters. The van der Waals surface area contributed by atoms with Crippen LogP contribution in [0.1, 0.15) is 47.2 Å². The monoisotopic (exact) mass is 656 g/mol. The van der Waals surface area contributed by atoms with Gasteiger partial charge < -0.3 is 25.2 Å². The Kier molecular flexibility index (Phi) is 7.41. The smallest absolute Gasteiger partial charge is 0.419 e. The van der Waals surface area contributed by atoms with Crippen molar-refractivity contribution in [2.24, 2.45) is 17.8 Å². The third-order valence-corrected chi connectivity index (χ3v) is 9.69. The fourth-order valence-corrected chi connectivity index (χ4v) is 7.69. The Labute approximate surface area is 256 Å². The van der Waals surface area contributed by atoms with Gasteiger partial charge in [-0.1, -0.05) is 11.6 Å². The fraction of sp³-hybridized carbons (Fsp3) is 0.452. The lowest BCUT2D eigenvalue weighted by Crippen LogP contribution is -2.52. The molecule has 0 spiro atoms. The molecule has 5 aliphatic rings. The maximum absolute atomic E-state index is 13.8. The summed E-state index contributed by atoms with van der Waals surface area (Å²) in [5, 5.41) is 14.5. The number of nitrogens with one attached hydrogen (secondary N) is 2. The van der Waals surface area contributed by atoms with E-state index in [1.807, 2.05) is 0 Å². The Balaban J connectivity index is 1.30. The van der Waals surface area contributed by atoms with E-state index in [1.54, 1.807) is 6.07 Å². The zero-order chi connectivity index (χ0) is 33.4. The van der Waals surface area contributed by atoms with Crippen LogP contribution in [0.2, 0.25) is 0 Å². The number of aliphatic carboxylic acids is 1. The van der Waals surface area contributed by atoms with Gasteiger partial charge in [0.15, 0.2) is 5.60 Å². The summed E-state index contributed by atoms with van der Waals surface area (Å²) in [6.45, 7) is 0.104. The van der Waals surface area contributed by atoms with E-state index in [0.29, 0.717) is 17.7 Å². The van der Waals surface area contributed by atoms with E-state index in [2.05, 4.69) is 10.6 Å². The van der Waals surface area contributed by atoms with Crippen LogP contribution in [0.25, 0.3) is 0 Å². The fourth-order valence-electron chi connectivity index (χ4n) is 7.69. The average Bonchev–Trinajstić information content (AvgIpc) is 3.71. The van der Waals surface area contributed by atoms with Gasteiger partial charge in [-0.15, -0.1) is 0 Å². The third kappa shape index (κ3) is 5.27. The quantitative estimate of drug-likeness (QED) is 0.264. The van der Waals surface area contributed by atoms with Crippen LogP contribution in [0.15, 0.2) is 48.0 Å². The number of ether oxygens (including phenoxy) is 2. The highest BCUT2D eigenvalue weighted by Crippen LogP contribution is 2.59. The van der Waals surface area contributed by atoms with Gasteiger partial charge in [-0.2, -0.15) is 26.3 Å². The lowest BCUT2D eigenvalue weighted by molar-refractivity contribution is -0.162. The van der Waals surface area contributed by atoms with E-state index >= 15 is 0 Å². The molecule has 0 unspecified atom stereocenters. The molecule has 8 nitrogen and oxygen atoms in total. The summed E-state index contributed by atoms with van der Waals surface area (Å²) >= 11 is 0. The van der Waals surface area contributed by atoms with Gasteiger partial charge in [0, 0.05) is 29.1 Å². The van der Waals surface area contributed by atoms with Crippen LogP contribution >= 0.6 is 0 Å². The maximum Gasteiger partial charge on any atom is 0.419 e. The number of carbonyl (C=O) groups is 3. The van der Waals surface area contributed by atoms with Crippen LogP contribution in [0.5, 0.6) is 5.75 Å². The van der Waals surface area contributed by atoms with Crippen molar-refractivity contribution in [1.29, 1.82) is 0 Å². The molecular formula is C31H27F7N2O6. The lowest BCUT2D eigenvalue weighted by Gasteiger charge is -2.42. The SMILES string of the molecule is COc1ccc(C23COC(C(=O)O)(C2)C3)cc1C(=O)N[C@H]1[C@@H](C(=O)Nc2ccc(F)c(C(F)(F)F)c2)[C@H]2CC[C@@H]1/C2=C\C(F)(F)F. The number of rotatable bonds is 7. The standard InChI is InChI=1S/C31H27F7N2O6/c1-45-22-7-2-14(28-11-29(12-28,27(43)44)46-13-28)8-18(22)25(41)40-24-17-5-4-16(19(17)10-30(33,34)35)23(24)26(42)39-15-3-6-21(32)20(9-15)31(36,37)38/h2-3,6-10,16-17,23-24H,4-5,11-13H2,1H3,(H,39,42)(H,40,41)(H,43,44)/b19-10-/t16-,17+,23-,24+,28?,29?/m0/s1. The average molecular weight is 657 g/mol. The van der Waals surface area contributed by atoms with Crippen molar-refractivity contribution in [2.45, 2.75) is 55.1 Å². The number of carboxylic acid groups (broad SMARTS) is 1. The first kappa shape index (κ1) is 31.8. The number of amides is 2. The highest BCUT2D eigenvalue weighted by Gasteiger charge is 2.67. The van der Waals surface area contributed by atoms with Gasteiger partial charge in [-0.05, 0) is 67.5 Å². The van der Waals surface area contributed by atoms with Crippen molar-refractivity contribution in [3.05, 3.63) is 70.6 Å². The highest BCUT2D eigenvalue weighted by molar-refractivity contribution is 5.99. The van der Waals surface area contributed by atoms with E-state index in [9.17, 15) is 50.2 Å². The second-order valence-electron chi connectivity index (χ2n) is 12.3. The zero-order valence-corrected chi connectivity index (χ0v) is 24.0. The minimum absolute atomic E-state index is 0.00858. The van der Waals surface area contributed by atoms with Crippen LogP contribution in [0.4, 0.5) is 36.4 Å². The molecule has 3 N–H and O–H groups in total. The minimum Gasteiger partial charge on any atom is -0.496 e. The number of hydrogen-bond acceptors (Lipinski definition) is 5. The van der Waals surface area contributed by atoms with Gasteiger partial charge >= 0.3 is 18.3 Å². The molecule has 4 bridgehead atoms. The molecule has 3 aliphatic carbocycles. The number of allylic oxidation sites excluding steroid dienone is 1. The maximum atomic E-state index is 13.8. The number of benzene rings is 2. The molecule has 5 fully saturated rings. The molecule has 7 rings (SSSR count). The second kappa shape index (κ2) is 10.7. The Morgan fingerprint density at radius 2 is 1.72 bits per heavy atom. The summed E-state index contributed by atoms with van der Waals surface area (Å²) in [6, 6.07) is 5.31. The molecule has 3 saturated carbocycles. The number of fused-ring (bicyclic) bond motifs is 3. The first-order chi connectivity index (χ1) is 21.5. The molecule has 0 radical (unpaired) electrons. The first-order valence-corrected chi connectivity index (χ1v) is 14.3. The molecule has 46 heavy (non-hydrogen) atoms. The summed E-state index contributed by atoms with van der Waals surface area (Å²) in [5.74, 6) is -7.43. The summed E-state index contributed by atoms with van der Waals surface area (Å²) in [5.41, 5.74) is -3.53. The van der Waals surface area contributed by atoms with Gasteiger partial charge in [0.05, 0.1) is 30.8 Å². The first-order valence-electron chi connectivity index (χ1n) is 14.3. The number of halogens is 7. The van der Waals surface area contributed by atoms with Crippen LogP contribution in [-0.4, -0.2) is 54.4 Å². The van der Waals surface area contributed by atoms with Crippen molar-refractivity contribution in [3.8, 4) is 5.75 Å². The molecular weight excluding hydrogens is 629 g/mol. The third-order valence-electron chi connectivity index (χ3n) is 9.69. The Bertz CT molecular complexity index is 1650. The number of carbonyl (C=O) groups excluding carboxylic acids is 2. The van der Waals surface area contributed by atoms with Crippen LogP contribution in [0.3, 0.4) is 0 Å². The Morgan fingerprint density at radius 3 is 2.33 bits per heavy atom. The molecule has 15 heteroatoms. The van der Waals surface area contributed by atoms with Crippen LogP contribution < -0.4 is 15.4 Å². The van der Waals surface area contributed by atoms with Crippen molar-refractivity contribution in [1.82, 2.24) is 5.32 Å². The Morgan fingerprint density at radius 1 is 1.02 bits per heavy atom. The topological polar surface area (TPSA) is 114 Å². The van der Waals surface area contributed by atoms with Crippen LogP contribution in [0, 0.1) is 23.6 Å². The minimum atomic E-state index is -5.07. The molecule has 2 amide bonds. The van der Waals surface area contributed by atoms with Gasteiger partial charge in [-0.25, -0.2) is 9.18 Å². The normalized spacial score (nSPS) is 30.7. The number of alkyl halides is 6. The van der Waals surface area contributed by atoms with Gasteiger partial charge in [0.25, 0.3) is 5.91 Å². The van der Waals surface area contributed by atoms with Crippen molar-refractivity contribution < 1.29 is 59.7 Å². The molecule has 2 heterocycles. The molecule has 2 aliphatic heterocycles. The molecule has 246 valence electrons. The van der Waals surface area contributed by atoms with E-state index in [-0.39, 0.29) is 55.3 Å². The molecule has 2 aromatic carbocycles. The van der Waals surface area contributed by atoms with E-state index in [1.165, 1.54) is 19.2 Å². The Hall–Kier alpha value is -4.14. The van der Waals surface area contributed by atoms with E-state index in [4.69, 9.17) is 9.47 Å². The second-order valence-corrected chi connectivity index (χ2v) is 12.3. The van der Waals surface area contributed by atoms with Crippen molar-refractivity contribution in [3.63, 3.8) is 0 Å². The summed E-state index contributed by atoms with van der Waals surface area (Å²) in [6.07, 6.45) is -8.95. The van der Waals surface area contributed by atoms with Crippen molar-refractivity contribution in [2.75, 3.05) is 19.0 Å². The highest BCUT2D eigenvalue weighted by atomic mass is 19.4. The molecule has 2 aromatic rings. The largest absolute Gasteiger partial charge is 0.496 e. The predicted octanol–water partition coefficient (Wildman–Crippen LogP) is 5.62. The van der Waals surface area contributed by atoms with Crippen molar-refractivity contribution >= 4 is 23.5 Å².